The Labute approximate surface area is 321 Å². The smallest absolute Gasteiger partial charge is 0.119 e. The maximum Gasteiger partial charge on any atom is 0.119 e. The molecule has 0 aliphatic carbocycles. The van der Waals surface area contributed by atoms with Gasteiger partial charge in [0, 0.05) is 10.5 Å². The van der Waals surface area contributed by atoms with E-state index >= 15 is 0 Å². The zero-order chi connectivity index (χ0) is 35.7. The van der Waals surface area contributed by atoms with Gasteiger partial charge in [-0.2, -0.15) is 25.3 Å². The molecule has 4 heteroatoms. The Kier molecular flexibility index (Phi) is 29.1. The van der Waals surface area contributed by atoms with E-state index in [4.69, 9.17) is 34.7 Å². The minimum atomic E-state index is 0.000459. The normalized spacial score (nSPS) is 12.6. The summed E-state index contributed by atoms with van der Waals surface area (Å²) in [5.41, 5.74) is 2.32. The largest absolute Gasteiger partial charge is 0.494 e. The minimum Gasteiger partial charge on any atom is -0.494 e. The monoisotopic (exact) mass is 727 g/mol. The van der Waals surface area contributed by atoms with Crippen LogP contribution in [0.25, 0.3) is 0 Å². The Bertz CT molecular complexity index is 911. The lowest BCUT2D eigenvalue weighted by Crippen LogP contribution is -2.02. The summed E-state index contributed by atoms with van der Waals surface area (Å²) in [7, 11) is 0. The first-order valence-electron chi connectivity index (χ1n) is 21.5. The Morgan fingerprint density at radius 3 is 0.800 bits per heavy atom. The van der Waals surface area contributed by atoms with E-state index in [2.05, 4.69) is 62.4 Å². The highest BCUT2D eigenvalue weighted by atomic mass is 32.1. The fourth-order valence-corrected chi connectivity index (χ4v) is 7.55. The molecule has 286 valence electrons. The molecule has 0 spiro atoms. The molecular weight excluding hydrogens is 649 g/mol. The highest BCUT2D eigenvalue weighted by molar-refractivity contribution is 7.84. The van der Waals surface area contributed by atoms with Gasteiger partial charge >= 0.3 is 0 Å². The summed E-state index contributed by atoms with van der Waals surface area (Å²) in [4.78, 5) is 0. The van der Waals surface area contributed by atoms with Crippen LogP contribution in [0.15, 0.2) is 48.5 Å². The van der Waals surface area contributed by atoms with Crippen molar-refractivity contribution in [2.24, 2.45) is 0 Å². The van der Waals surface area contributed by atoms with Crippen LogP contribution in [-0.4, -0.2) is 13.2 Å². The van der Waals surface area contributed by atoms with Gasteiger partial charge < -0.3 is 9.47 Å². The first-order chi connectivity index (χ1) is 24.7. The van der Waals surface area contributed by atoms with Crippen molar-refractivity contribution in [1.29, 1.82) is 0 Å². The van der Waals surface area contributed by atoms with Gasteiger partial charge in [0.25, 0.3) is 0 Å². The van der Waals surface area contributed by atoms with Crippen molar-refractivity contribution in [2.45, 2.75) is 204 Å². The van der Waals surface area contributed by atoms with Gasteiger partial charge in [-0.15, -0.1) is 0 Å². The van der Waals surface area contributed by atoms with E-state index in [0.717, 1.165) is 48.7 Å². The van der Waals surface area contributed by atoms with Crippen LogP contribution in [0.5, 0.6) is 11.5 Å². The molecule has 2 unspecified atom stereocenters. The van der Waals surface area contributed by atoms with Crippen LogP contribution >= 0.6 is 25.3 Å². The maximum absolute atomic E-state index is 6.04. The van der Waals surface area contributed by atoms with Gasteiger partial charge in [0.05, 0.1) is 13.2 Å². The fourth-order valence-electron chi connectivity index (χ4n) is 6.86. The van der Waals surface area contributed by atoms with Crippen LogP contribution in [0.1, 0.15) is 215 Å². The third kappa shape index (κ3) is 23.3. The van der Waals surface area contributed by atoms with Crippen molar-refractivity contribution in [3.8, 4) is 11.5 Å². The van der Waals surface area contributed by atoms with Gasteiger partial charge in [0.2, 0.25) is 0 Å². The van der Waals surface area contributed by atoms with E-state index < -0.39 is 0 Å². The molecule has 50 heavy (non-hydrogen) atoms. The first-order valence-corrected chi connectivity index (χ1v) is 22.5. The molecule has 0 N–H and O–H groups in total. The fraction of sp³-hybridized carbons (Fsp3) is 0.739. The second-order valence-corrected chi connectivity index (χ2v) is 16.0. The molecule has 0 aliphatic heterocycles. The molecule has 0 aromatic heterocycles. The van der Waals surface area contributed by atoms with E-state index in [-0.39, 0.29) is 10.5 Å². The zero-order valence-electron chi connectivity index (χ0n) is 32.7. The van der Waals surface area contributed by atoms with Crippen LogP contribution in [0.2, 0.25) is 0 Å². The van der Waals surface area contributed by atoms with Gasteiger partial charge in [0.15, 0.2) is 0 Å². The third-order valence-electron chi connectivity index (χ3n) is 10.3. The van der Waals surface area contributed by atoms with Crippen LogP contribution in [0, 0.1) is 0 Å². The minimum absolute atomic E-state index is 0.000459. The van der Waals surface area contributed by atoms with Crippen LogP contribution in [0.3, 0.4) is 0 Å². The molecule has 0 amide bonds. The van der Waals surface area contributed by atoms with Gasteiger partial charge in [-0.3, -0.25) is 0 Å². The number of rotatable bonds is 35. The molecule has 2 atom stereocenters. The first kappa shape index (κ1) is 44.9. The lowest BCUT2D eigenvalue weighted by molar-refractivity contribution is 0.304. The van der Waals surface area contributed by atoms with Crippen molar-refractivity contribution >= 4 is 25.3 Å². The molecule has 0 bridgehead atoms. The van der Waals surface area contributed by atoms with Gasteiger partial charge in [-0.05, 0) is 48.2 Å². The van der Waals surface area contributed by atoms with E-state index in [1.54, 1.807) is 0 Å². The SMILES string of the molecule is CCCCCCCCCCCCCCCCOc1ccc(C(S)C(S)c2ccc(OCCCCCCCCCCCCCCCC)cc2)cc1. The van der Waals surface area contributed by atoms with Crippen LogP contribution in [-0.2, 0) is 0 Å². The van der Waals surface area contributed by atoms with E-state index in [1.807, 2.05) is 0 Å². The predicted molar refractivity (Wildman–Crippen MR) is 228 cm³/mol. The average molecular weight is 727 g/mol. The molecule has 2 aromatic rings. The molecule has 0 aliphatic rings. The summed E-state index contributed by atoms with van der Waals surface area (Å²) < 4.78 is 12.1. The summed E-state index contributed by atoms with van der Waals surface area (Å²) in [6, 6.07) is 16.9. The van der Waals surface area contributed by atoms with Gasteiger partial charge in [0.1, 0.15) is 11.5 Å². The number of hydrogen-bond donors (Lipinski definition) is 2. The predicted octanol–water partition coefficient (Wildman–Crippen LogP) is 16.0. The second-order valence-electron chi connectivity index (χ2n) is 14.9. The highest BCUT2D eigenvalue weighted by Crippen LogP contribution is 2.39. The van der Waals surface area contributed by atoms with Crippen LogP contribution in [0.4, 0.5) is 0 Å². The Morgan fingerprint density at radius 2 is 0.560 bits per heavy atom. The molecule has 2 aromatic carbocycles. The molecule has 2 nitrogen and oxygen atoms in total. The lowest BCUT2D eigenvalue weighted by atomic mass is 10.0. The lowest BCUT2D eigenvalue weighted by Gasteiger charge is -2.20. The molecule has 2 rings (SSSR count). The molecule has 0 heterocycles. The Balaban J connectivity index is 1.47. The number of benzene rings is 2. The molecule has 0 radical (unpaired) electrons. The molecule has 0 fully saturated rings. The summed E-state index contributed by atoms with van der Waals surface area (Å²) in [5.74, 6) is 1.89. The van der Waals surface area contributed by atoms with Crippen molar-refractivity contribution in [1.82, 2.24) is 0 Å². The van der Waals surface area contributed by atoms with Crippen LogP contribution < -0.4 is 9.47 Å². The quantitative estimate of drug-likeness (QED) is 0.0544. The third-order valence-corrected chi connectivity index (χ3v) is 11.7. The van der Waals surface area contributed by atoms with Crippen molar-refractivity contribution in [3.63, 3.8) is 0 Å². The summed E-state index contributed by atoms with van der Waals surface area (Å²) in [6.45, 7) is 6.18. The number of ether oxygens (including phenoxy) is 2. The maximum atomic E-state index is 6.04. The highest BCUT2D eigenvalue weighted by Gasteiger charge is 2.18. The molecule has 0 saturated carbocycles. The zero-order valence-corrected chi connectivity index (χ0v) is 34.5. The second kappa shape index (κ2) is 32.4. The molecule has 0 saturated heterocycles. The number of hydrogen-bond acceptors (Lipinski definition) is 4. The summed E-state index contributed by atoms with van der Waals surface area (Å²) in [5, 5.41) is 0.000919. The Hall–Kier alpha value is -1.26. The van der Waals surface area contributed by atoms with Crippen molar-refractivity contribution in [3.05, 3.63) is 59.7 Å². The summed E-state index contributed by atoms with van der Waals surface area (Å²) in [6.07, 6.45) is 38.6. The molecular formula is C46H78O2S2. The van der Waals surface area contributed by atoms with Gasteiger partial charge in [-0.25, -0.2) is 0 Å². The average Bonchev–Trinajstić information content (AvgIpc) is 3.14. The van der Waals surface area contributed by atoms with Crippen molar-refractivity contribution < 1.29 is 9.47 Å². The topological polar surface area (TPSA) is 18.5 Å². The standard InChI is InChI=1S/C46H78O2S2/c1-3-5-7-9-11-13-15-17-19-21-23-25-27-29-39-47-43-35-31-41(32-36-43)45(49)46(50)42-33-37-44(38-34-42)48-40-30-28-26-24-22-20-18-16-14-12-10-8-6-4-2/h31-38,45-46,49-50H,3-30,39-40H2,1-2H3. The van der Waals surface area contributed by atoms with Gasteiger partial charge in [-0.1, -0.05) is 205 Å². The Morgan fingerprint density at radius 1 is 0.340 bits per heavy atom. The van der Waals surface area contributed by atoms with E-state index in [9.17, 15) is 0 Å². The van der Waals surface area contributed by atoms with E-state index in [1.165, 1.54) is 167 Å². The summed E-state index contributed by atoms with van der Waals surface area (Å²) >= 11 is 9.88. The van der Waals surface area contributed by atoms with Crippen molar-refractivity contribution in [2.75, 3.05) is 13.2 Å². The number of thiol groups is 2. The number of unbranched alkanes of at least 4 members (excludes halogenated alkanes) is 26. The van der Waals surface area contributed by atoms with E-state index in [0.29, 0.717) is 0 Å².